The van der Waals surface area contributed by atoms with Crippen LogP contribution in [0.4, 0.5) is 4.79 Å². The lowest BCUT2D eigenvalue weighted by Gasteiger charge is -2.34. The number of benzene rings is 1. The van der Waals surface area contributed by atoms with Gasteiger partial charge in [0.25, 0.3) is 5.08 Å². The zero-order valence-corrected chi connectivity index (χ0v) is 25.2. The average Bonchev–Trinajstić information content (AvgIpc) is 2.84. The second-order valence-electron chi connectivity index (χ2n) is 10.8. The van der Waals surface area contributed by atoms with Crippen LogP contribution in [0.25, 0.3) is 0 Å². The number of aliphatic hydroxyl groups is 1. The zero-order valence-electron chi connectivity index (χ0n) is 23.4. The van der Waals surface area contributed by atoms with Gasteiger partial charge in [0.15, 0.2) is 0 Å². The summed E-state index contributed by atoms with van der Waals surface area (Å²) in [4.78, 5) is 56.8. The van der Waals surface area contributed by atoms with Gasteiger partial charge in [-0.25, -0.2) is 4.79 Å². The molecule has 16 heteroatoms. The van der Waals surface area contributed by atoms with Gasteiger partial charge in [-0.05, 0) is 53.5 Å². The molecule has 0 aromatic heterocycles. The number of rotatable bonds is 14. The van der Waals surface area contributed by atoms with Gasteiger partial charge < -0.3 is 34.4 Å². The standard InChI is InChI=1S/C24H39NO13P2/c1-22(2,3)19(26)35-16-37-39(30,31)24(29,40(32,33)38-17-36-20(27)23(4,5)6)13-10-14-25-21(28)34-15-18-11-8-7-9-12-18/h7-9,11-12,29H,10,13-17H2,1-6H3,(H,25,28)(H,30,31)(H,32,33). The lowest BCUT2D eigenvalue weighted by atomic mass is 9.98. The predicted octanol–water partition coefficient (Wildman–Crippen LogP) is 3.84. The number of alkyl carbamates (subject to hydrolysis) is 1. The molecule has 0 saturated carbocycles. The molecule has 0 aliphatic carbocycles. The van der Waals surface area contributed by atoms with Crippen LogP contribution >= 0.6 is 15.2 Å². The van der Waals surface area contributed by atoms with Crippen molar-refractivity contribution in [3.05, 3.63) is 35.9 Å². The summed E-state index contributed by atoms with van der Waals surface area (Å²) in [6.07, 6.45) is -2.08. The lowest BCUT2D eigenvalue weighted by Crippen LogP contribution is -2.34. The number of amides is 1. The van der Waals surface area contributed by atoms with E-state index in [9.17, 15) is 38.4 Å². The van der Waals surface area contributed by atoms with Crippen LogP contribution in [0.15, 0.2) is 30.3 Å². The Kier molecular flexibility index (Phi) is 13.0. The van der Waals surface area contributed by atoms with Gasteiger partial charge in [0.1, 0.15) is 6.61 Å². The molecule has 0 aliphatic rings. The van der Waals surface area contributed by atoms with Gasteiger partial charge in [-0.2, -0.15) is 0 Å². The third kappa shape index (κ3) is 10.9. The minimum atomic E-state index is -5.50. The number of esters is 2. The fraction of sp³-hybridized carbons (Fsp3) is 0.625. The quantitative estimate of drug-likeness (QED) is 0.0777. The maximum atomic E-state index is 13.0. The van der Waals surface area contributed by atoms with Crippen LogP contribution in [0.3, 0.4) is 0 Å². The molecule has 0 aliphatic heterocycles. The van der Waals surface area contributed by atoms with E-state index in [0.717, 1.165) is 5.56 Å². The Hall–Kier alpha value is -2.31. The first kappa shape index (κ1) is 35.7. The fourth-order valence-corrected chi connectivity index (χ4v) is 5.98. The first-order valence-electron chi connectivity index (χ1n) is 12.2. The van der Waals surface area contributed by atoms with Crippen LogP contribution < -0.4 is 5.32 Å². The van der Waals surface area contributed by atoms with Crippen molar-refractivity contribution in [2.75, 3.05) is 20.1 Å². The monoisotopic (exact) mass is 611 g/mol. The molecule has 2 unspecified atom stereocenters. The van der Waals surface area contributed by atoms with Crippen molar-refractivity contribution in [3.63, 3.8) is 0 Å². The van der Waals surface area contributed by atoms with E-state index < -0.39 is 69.1 Å². The second kappa shape index (κ2) is 14.5. The van der Waals surface area contributed by atoms with Gasteiger partial charge >= 0.3 is 33.2 Å². The third-order valence-electron chi connectivity index (χ3n) is 5.14. The topological polar surface area (TPSA) is 204 Å². The molecule has 40 heavy (non-hydrogen) atoms. The molecule has 228 valence electrons. The molecule has 0 bridgehead atoms. The SMILES string of the molecule is CC(C)(C)C(=O)OCOP(=O)(O)C(O)(CCCNC(=O)OCc1ccccc1)P(=O)(O)OCOC(=O)C(C)(C)C. The van der Waals surface area contributed by atoms with Crippen LogP contribution in [0.2, 0.25) is 0 Å². The summed E-state index contributed by atoms with van der Waals surface area (Å²) in [7, 11) is -11.0. The predicted molar refractivity (Wildman–Crippen MR) is 141 cm³/mol. The molecule has 2 atom stereocenters. The normalized spacial score (nSPS) is 16.5. The number of hydrogen-bond acceptors (Lipinski definition) is 11. The maximum Gasteiger partial charge on any atom is 0.407 e. The molecular formula is C24H39NO13P2. The Morgan fingerprint density at radius 1 is 0.800 bits per heavy atom. The first-order valence-corrected chi connectivity index (χ1v) is 15.3. The van der Waals surface area contributed by atoms with Crippen molar-refractivity contribution >= 4 is 33.2 Å². The van der Waals surface area contributed by atoms with Crippen molar-refractivity contribution in [2.24, 2.45) is 10.8 Å². The fourth-order valence-electron chi connectivity index (χ4n) is 2.67. The van der Waals surface area contributed by atoms with Gasteiger partial charge in [-0.1, -0.05) is 30.3 Å². The third-order valence-corrected chi connectivity index (χ3v) is 9.82. The van der Waals surface area contributed by atoms with Gasteiger partial charge in [-0.15, -0.1) is 0 Å². The van der Waals surface area contributed by atoms with Crippen LogP contribution in [0.1, 0.15) is 59.9 Å². The Bertz CT molecular complexity index is 1040. The number of nitrogens with one attached hydrogen (secondary N) is 1. The van der Waals surface area contributed by atoms with Crippen molar-refractivity contribution < 1.29 is 61.7 Å². The van der Waals surface area contributed by atoms with Crippen LogP contribution in [0.5, 0.6) is 0 Å². The zero-order chi connectivity index (χ0) is 30.8. The van der Waals surface area contributed by atoms with Gasteiger partial charge in [-0.3, -0.25) is 27.8 Å². The Labute approximate surface area is 233 Å². The molecule has 0 saturated heterocycles. The first-order chi connectivity index (χ1) is 18.2. The highest BCUT2D eigenvalue weighted by atomic mass is 31.2. The molecule has 1 rings (SSSR count). The van der Waals surface area contributed by atoms with Crippen LogP contribution in [-0.2, 0) is 48.6 Å². The molecule has 0 radical (unpaired) electrons. The van der Waals surface area contributed by atoms with E-state index in [1.54, 1.807) is 30.3 Å². The smallest absolute Gasteiger partial charge is 0.407 e. The summed E-state index contributed by atoms with van der Waals surface area (Å²) in [6.45, 7) is 6.52. The summed E-state index contributed by atoms with van der Waals surface area (Å²) >= 11 is 0. The van der Waals surface area contributed by atoms with E-state index in [-0.39, 0.29) is 19.6 Å². The van der Waals surface area contributed by atoms with Crippen molar-refractivity contribution in [1.82, 2.24) is 5.32 Å². The summed E-state index contributed by atoms with van der Waals surface area (Å²) < 4.78 is 50.0. The highest BCUT2D eigenvalue weighted by Gasteiger charge is 2.62. The number of ether oxygens (including phenoxy) is 3. The molecule has 1 amide bonds. The van der Waals surface area contributed by atoms with E-state index in [2.05, 4.69) is 14.4 Å². The summed E-state index contributed by atoms with van der Waals surface area (Å²) in [5, 5.41) is 9.92. The van der Waals surface area contributed by atoms with E-state index in [4.69, 9.17) is 14.2 Å². The van der Waals surface area contributed by atoms with Gasteiger partial charge in [0, 0.05) is 13.0 Å². The Morgan fingerprint density at radius 3 is 1.68 bits per heavy atom. The van der Waals surface area contributed by atoms with E-state index in [1.165, 1.54) is 41.5 Å². The van der Waals surface area contributed by atoms with Crippen molar-refractivity contribution in [1.29, 1.82) is 0 Å². The van der Waals surface area contributed by atoms with E-state index >= 15 is 0 Å². The van der Waals surface area contributed by atoms with Crippen molar-refractivity contribution in [3.8, 4) is 0 Å². The van der Waals surface area contributed by atoms with Gasteiger partial charge in [0.2, 0.25) is 13.6 Å². The molecule has 14 nitrogen and oxygen atoms in total. The molecule has 1 aromatic carbocycles. The Balaban J connectivity index is 2.91. The van der Waals surface area contributed by atoms with E-state index in [0.29, 0.717) is 0 Å². The molecular weight excluding hydrogens is 572 g/mol. The summed E-state index contributed by atoms with van der Waals surface area (Å²) in [5.41, 5.74) is -1.26. The highest BCUT2D eigenvalue weighted by molar-refractivity contribution is 7.72. The number of carbonyl (C=O) groups is 3. The molecule has 4 N–H and O–H groups in total. The minimum Gasteiger partial charge on any atom is -0.445 e. The maximum absolute atomic E-state index is 13.0. The minimum absolute atomic E-state index is 0.0312. The van der Waals surface area contributed by atoms with Crippen LogP contribution in [0, 0.1) is 10.8 Å². The van der Waals surface area contributed by atoms with Crippen molar-refractivity contribution in [2.45, 2.75) is 66.1 Å². The second-order valence-corrected chi connectivity index (χ2v) is 15.2. The van der Waals surface area contributed by atoms with Gasteiger partial charge in [0.05, 0.1) is 10.8 Å². The summed E-state index contributed by atoms with van der Waals surface area (Å²) in [6, 6.07) is 8.79. The highest BCUT2D eigenvalue weighted by Crippen LogP contribution is 2.73. The Morgan fingerprint density at radius 2 is 1.25 bits per heavy atom. The largest absolute Gasteiger partial charge is 0.445 e. The molecule has 1 aromatic rings. The molecule has 0 spiro atoms. The summed E-state index contributed by atoms with van der Waals surface area (Å²) in [5.74, 6) is -1.63. The number of carbonyl (C=O) groups excluding carboxylic acids is 3. The molecule has 0 fully saturated rings. The molecule has 0 heterocycles. The lowest BCUT2D eigenvalue weighted by molar-refractivity contribution is -0.160. The number of hydrogen-bond donors (Lipinski definition) is 4. The van der Waals surface area contributed by atoms with E-state index in [1.807, 2.05) is 0 Å². The van der Waals surface area contributed by atoms with Crippen LogP contribution in [-0.4, -0.2) is 58.1 Å². The average molecular weight is 612 g/mol.